The number of pyridine rings is 2. The number of piperidine rings is 1. The minimum atomic E-state index is -0.420. The van der Waals surface area contributed by atoms with Crippen LogP contribution >= 0.6 is 0 Å². The first-order valence-corrected chi connectivity index (χ1v) is 13.4. The van der Waals surface area contributed by atoms with Crippen molar-refractivity contribution in [1.82, 2.24) is 36.2 Å². The number of hydrogen-bond donors (Lipinski definition) is 3. The molecule has 6 aliphatic heterocycles. The smallest absolute Gasteiger partial charge is 0.212 e. The van der Waals surface area contributed by atoms with E-state index in [0.29, 0.717) is 24.6 Å². The highest BCUT2D eigenvalue weighted by Crippen LogP contribution is 2.40. The number of fused-ring (bicyclic) bond motifs is 4. The first-order valence-electron chi connectivity index (χ1n) is 13.4. The maximum atomic E-state index is 9.70. The number of nitriles is 1. The molecule has 11 heteroatoms. The van der Waals surface area contributed by atoms with Crippen LogP contribution in [0, 0.1) is 11.3 Å². The summed E-state index contributed by atoms with van der Waals surface area (Å²) in [6.45, 7) is 5.37. The van der Waals surface area contributed by atoms with Gasteiger partial charge in [0.05, 0.1) is 31.7 Å². The molecule has 2 aromatic heterocycles. The van der Waals surface area contributed by atoms with Gasteiger partial charge in [-0.25, -0.2) is 26.2 Å². The summed E-state index contributed by atoms with van der Waals surface area (Å²) in [4.78, 5) is 14.2. The molecule has 8 rings (SSSR count). The first-order chi connectivity index (χ1) is 19.1. The number of anilines is 1. The Kier molecular flexibility index (Phi) is 5.97. The number of hydrogen-bond acceptors (Lipinski definition) is 11. The highest BCUT2D eigenvalue weighted by atomic mass is 16.5. The molecular formula is C28H31N9O2. The molecule has 2 aromatic rings. The molecule has 8 heterocycles. The highest BCUT2D eigenvalue weighted by molar-refractivity contribution is 5.83. The van der Waals surface area contributed by atoms with Crippen molar-refractivity contribution in [3.8, 4) is 11.9 Å². The van der Waals surface area contributed by atoms with E-state index in [4.69, 9.17) is 14.5 Å². The van der Waals surface area contributed by atoms with Crippen molar-refractivity contribution in [1.29, 1.82) is 5.26 Å². The van der Waals surface area contributed by atoms with E-state index < -0.39 is 6.04 Å². The summed E-state index contributed by atoms with van der Waals surface area (Å²) < 4.78 is 11.0. The van der Waals surface area contributed by atoms with Crippen molar-refractivity contribution >= 4 is 11.4 Å². The van der Waals surface area contributed by atoms with Gasteiger partial charge in [-0.2, -0.15) is 5.26 Å². The van der Waals surface area contributed by atoms with E-state index in [-0.39, 0.29) is 6.17 Å². The molecule has 4 fully saturated rings. The van der Waals surface area contributed by atoms with Gasteiger partial charge in [-0.15, -0.1) is 0 Å². The lowest BCUT2D eigenvalue weighted by atomic mass is 9.87. The van der Waals surface area contributed by atoms with Gasteiger partial charge in [0.2, 0.25) is 5.88 Å². The fourth-order valence-corrected chi connectivity index (χ4v) is 6.24. The van der Waals surface area contributed by atoms with Crippen LogP contribution in [-0.2, 0) is 11.3 Å². The Bertz CT molecular complexity index is 1380. The standard InChI is InChI=1S/C28H31N9O2/c1-3-39-21-9-22(27-26-23(10-29)32-33-28(26)34-37(27)16-21)18-5-6-24(30-12-18)35-14-19-8-20(15-35)36(19)13-17-4-7-25(38-2)31-11-17/h4-7,9,11-12,16,19-20,23,28,32-34H,3,8,13-15H2,1-2H3. The summed E-state index contributed by atoms with van der Waals surface area (Å²) in [7, 11) is 1.64. The molecule has 0 spiro atoms. The third-order valence-corrected chi connectivity index (χ3v) is 8.11. The van der Waals surface area contributed by atoms with Gasteiger partial charge in [-0.3, -0.25) is 9.91 Å². The number of methoxy groups -OCH3 is 1. The average Bonchev–Trinajstić information content (AvgIpc) is 3.55. The first kappa shape index (κ1) is 24.1. The monoisotopic (exact) mass is 525 g/mol. The van der Waals surface area contributed by atoms with Crippen molar-refractivity contribution in [3.05, 3.63) is 77.1 Å². The number of rotatable bonds is 7. The Morgan fingerprint density at radius 1 is 1.10 bits per heavy atom. The molecule has 6 aliphatic rings. The van der Waals surface area contributed by atoms with Crippen molar-refractivity contribution in [3.63, 3.8) is 0 Å². The molecule has 4 saturated heterocycles. The number of allylic oxidation sites excluding steroid dienone is 2. The van der Waals surface area contributed by atoms with Crippen molar-refractivity contribution in [2.45, 2.75) is 44.2 Å². The van der Waals surface area contributed by atoms with Crippen LogP contribution in [0.2, 0.25) is 0 Å². The van der Waals surface area contributed by atoms with Gasteiger partial charge in [0, 0.05) is 66.9 Å². The van der Waals surface area contributed by atoms with E-state index in [9.17, 15) is 5.26 Å². The zero-order valence-electron chi connectivity index (χ0n) is 22.0. The molecule has 4 unspecified atom stereocenters. The quantitative estimate of drug-likeness (QED) is 0.490. The van der Waals surface area contributed by atoms with Gasteiger partial charge in [-0.05, 0) is 37.1 Å². The normalized spacial score (nSPS) is 27.3. The summed E-state index contributed by atoms with van der Waals surface area (Å²) in [5.74, 6) is 2.40. The molecule has 0 saturated carbocycles. The molecular weight excluding hydrogens is 494 g/mol. The fourth-order valence-electron chi connectivity index (χ4n) is 6.24. The van der Waals surface area contributed by atoms with Crippen LogP contribution in [0.15, 0.2) is 66.0 Å². The van der Waals surface area contributed by atoms with Crippen LogP contribution in [0.3, 0.4) is 0 Å². The Morgan fingerprint density at radius 3 is 2.67 bits per heavy atom. The van der Waals surface area contributed by atoms with Crippen molar-refractivity contribution < 1.29 is 9.47 Å². The summed E-state index contributed by atoms with van der Waals surface area (Å²) in [6.07, 6.45) is 8.88. The molecule has 0 aromatic carbocycles. The zero-order chi connectivity index (χ0) is 26.5. The lowest BCUT2D eigenvalue weighted by molar-refractivity contribution is -0.00877. The molecule has 4 atom stereocenters. The van der Waals surface area contributed by atoms with E-state index in [1.165, 1.54) is 12.0 Å². The largest absolute Gasteiger partial charge is 0.492 e. The molecule has 2 bridgehead atoms. The summed E-state index contributed by atoms with van der Waals surface area (Å²) in [5.41, 5.74) is 14.7. The van der Waals surface area contributed by atoms with E-state index in [1.807, 2.05) is 42.7 Å². The van der Waals surface area contributed by atoms with Gasteiger partial charge in [0.1, 0.15) is 23.8 Å². The number of hydrazine groups is 2. The zero-order valence-corrected chi connectivity index (χ0v) is 22.0. The lowest BCUT2D eigenvalue weighted by Gasteiger charge is -2.56. The third-order valence-electron chi connectivity index (χ3n) is 8.11. The Balaban J connectivity index is 1.09. The van der Waals surface area contributed by atoms with Crippen molar-refractivity contribution in [2.24, 2.45) is 0 Å². The van der Waals surface area contributed by atoms with Gasteiger partial charge < -0.3 is 14.4 Å². The maximum absolute atomic E-state index is 9.70. The summed E-state index contributed by atoms with van der Waals surface area (Å²) in [5, 5.41) is 11.7. The Morgan fingerprint density at radius 2 is 1.97 bits per heavy atom. The van der Waals surface area contributed by atoms with Crippen LogP contribution < -0.4 is 25.9 Å². The van der Waals surface area contributed by atoms with E-state index >= 15 is 0 Å². The van der Waals surface area contributed by atoms with Gasteiger partial charge >= 0.3 is 0 Å². The van der Waals surface area contributed by atoms with Crippen LogP contribution in [-0.4, -0.2) is 71.0 Å². The third kappa shape index (κ3) is 4.13. The van der Waals surface area contributed by atoms with Gasteiger partial charge in [0.25, 0.3) is 0 Å². The molecule has 0 radical (unpaired) electrons. The number of nitrogens with zero attached hydrogens (tertiary/aromatic N) is 6. The van der Waals surface area contributed by atoms with Crippen LogP contribution in [0.1, 0.15) is 24.5 Å². The molecule has 39 heavy (non-hydrogen) atoms. The Labute approximate surface area is 227 Å². The van der Waals surface area contributed by atoms with E-state index in [1.54, 1.807) is 7.11 Å². The highest BCUT2D eigenvalue weighted by Gasteiger charge is 2.45. The average molecular weight is 526 g/mol. The number of aromatic nitrogens is 2. The second-order valence-corrected chi connectivity index (χ2v) is 10.3. The predicted molar refractivity (Wildman–Crippen MR) is 144 cm³/mol. The second kappa shape index (κ2) is 9.66. The second-order valence-electron chi connectivity index (χ2n) is 10.3. The van der Waals surface area contributed by atoms with Crippen molar-refractivity contribution in [2.75, 3.05) is 31.7 Å². The SMILES string of the molecule is CCOC1=CN2NC3NNC(C#N)C3=C2C(c2ccc(N3CC4CC(C3)N4Cc3ccc(OC)nc3)nc2)=C1. The molecule has 0 amide bonds. The number of nitrogens with one attached hydrogen (secondary N) is 3. The molecule has 3 N–H and O–H groups in total. The van der Waals surface area contributed by atoms with Crippen LogP contribution in [0.4, 0.5) is 5.82 Å². The fraction of sp³-hybridized carbons (Fsp3) is 0.393. The van der Waals surface area contributed by atoms with Crippen LogP contribution in [0.5, 0.6) is 5.88 Å². The molecule has 200 valence electrons. The summed E-state index contributed by atoms with van der Waals surface area (Å²) in [6, 6.07) is 11.2. The maximum Gasteiger partial charge on any atom is 0.212 e. The predicted octanol–water partition coefficient (Wildman–Crippen LogP) is 1.62. The minimum Gasteiger partial charge on any atom is -0.492 e. The molecule has 11 nitrogen and oxygen atoms in total. The topological polar surface area (TPSA) is 114 Å². The number of ether oxygens (including phenoxy) is 2. The summed E-state index contributed by atoms with van der Waals surface area (Å²) >= 11 is 0. The van der Waals surface area contributed by atoms with Crippen LogP contribution in [0.25, 0.3) is 5.57 Å². The van der Waals surface area contributed by atoms with E-state index in [0.717, 1.165) is 53.6 Å². The Hall–Kier alpha value is -3.95. The number of piperazine rings is 1. The minimum absolute atomic E-state index is 0.158. The lowest BCUT2D eigenvalue weighted by Crippen LogP contribution is -2.68. The van der Waals surface area contributed by atoms with Gasteiger partial charge in [0.15, 0.2) is 0 Å². The van der Waals surface area contributed by atoms with E-state index in [2.05, 4.69) is 55.3 Å². The van der Waals surface area contributed by atoms with Gasteiger partial charge in [-0.1, -0.05) is 6.07 Å². The molecule has 0 aliphatic carbocycles.